The van der Waals surface area contributed by atoms with Gasteiger partial charge in [-0.15, -0.1) is 0 Å². The maximum absolute atomic E-state index is 12.9. The summed E-state index contributed by atoms with van der Waals surface area (Å²) in [5, 5.41) is 0. The summed E-state index contributed by atoms with van der Waals surface area (Å²) in [7, 11) is 0. The van der Waals surface area contributed by atoms with Gasteiger partial charge in [0.25, 0.3) is 0 Å². The second kappa shape index (κ2) is 63.4. The molecule has 0 heterocycles. The molecule has 0 fully saturated rings. The van der Waals surface area contributed by atoms with Crippen molar-refractivity contribution in [2.45, 2.75) is 380 Å². The molecule has 0 amide bonds. The zero-order valence-corrected chi connectivity index (χ0v) is 50.1. The van der Waals surface area contributed by atoms with E-state index in [1.165, 1.54) is 257 Å². The van der Waals surface area contributed by atoms with Crippen LogP contribution in [0.25, 0.3) is 0 Å². The third kappa shape index (κ3) is 60.8. The van der Waals surface area contributed by atoms with E-state index in [0.717, 1.165) is 77.0 Å². The Labute approximate surface area is 462 Å². The van der Waals surface area contributed by atoms with Crippen LogP contribution in [0.1, 0.15) is 374 Å². The Balaban J connectivity index is 4.12. The SMILES string of the molecule is CCCC/C=C\C/C=C\CCCCCCCC(=O)OC(COC(=O)CCCCCCCCCCCCCCC)COC(=O)CCCCCCCCCCCCCCCCCCCCCCCCCCCCCCC. The third-order valence-corrected chi connectivity index (χ3v) is 15.2. The average Bonchev–Trinajstić information content (AvgIpc) is 3.40. The van der Waals surface area contributed by atoms with Crippen LogP contribution in [-0.4, -0.2) is 37.2 Å². The van der Waals surface area contributed by atoms with Crippen molar-refractivity contribution < 1.29 is 28.6 Å². The first-order valence-electron chi connectivity index (χ1n) is 33.3. The van der Waals surface area contributed by atoms with Gasteiger partial charge >= 0.3 is 17.9 Å². The van der Waals surface area contributed by atoms with Crippen molar-refractivity contribution >= 4 is 17.9 Å². The van der Waals surface area contributed by atoms with Gasteiger partial charge in [0, 0.05) is 19.3 Å². The van der Waals surface area contributed by atoms with Crippen LogP contribution in [0.15, 0.2) is 24.3 Å². The zero-order chi connectivity index (χ0) is 53.6. The molecule has 74 heavy (non-hydrogen) atoms. The number of hydrogen-bond donors (Lipinski definition) is 0. The summed E-state index contributed by atoms with van der Waals surface area (Å²) in [6.45, 7) is 6.65. The topological polar surface area (TPSA) is 78.9 Å². The lowest BCUT2D eigenvalue weighted by Gasteiger charge is -2.18. The molecule has 0 radical (unpaired) electrons. The Hall–Kier alpha value is -2.11. The summed E-state index contributed by atoms with van der Waals surface area (Å²) in [5.74, 6) is -0.859. The molecule has 1 atom stereocenters. The van der Waals surface area contributed by atoms with E-state index in [-0.39, 0.29) is 31.1 Å². The van der Waals surface area contributed by atoms with Crippen molar-refractivity contribution in [2.24, 2.45) is 0 Å². The lowest BCUT2D eigenvalue weighted by atomic mass is 10.0. The highest BCUT2D eigenvalue weighted by molar-refractivity contribution is 5.71. The van der Waals surface area contributed by atoms with Crippen molar-refractivity contribution in [3.05, 3.63) is 24.3 Å². The summed E-state index contributed by atoms with van der Waals surface area (Å²) >= 11 is 0. The average molecular weight is 1040 g/mol. The molecule has 0 aliphatic carbocycles. The first kappa shape index (κ1) is 71.9. The number of rotatable bonds is 62. The van der Waals surface area contributed by atoms with Crippen LogP contribution < -0.4 is 0 Å². The molecule has 0 aromatic carbocycles. The van der Waals surface area contributed by atoms with Gasteiger partial charge in [-0.1, -0.05) is 334 Å². The van der Waals surface area contributed by atoms with Crippen molar-refractivity contribution in [2.75, 3.05) is 13.2 Å². The minimum absolute atomic E-state index is 0.0712. The highest BCUT2D eigenvalue weighted by Crippen LogP contribution is 2.18. The molecule has 0 saturated carbocycles. The Morgan fingerprint density at radius 2 is 0.500 bits per heavy atom. The molecule has 0 rings (SSSR count). The highest BCUT2D eigenvalue weighted by atomic mass is 16.6. The summed E-state index contributed by atoms with van der Waals surface area (Å²) in [4.78, 5) is 38.2. The van der Waals surface area contributed by atoms with Crippen molar-refractivity contribution in [3.8, 4) is 0 Å². The number of ether oxygens (including phenoxy) is 3. The molecule has 1 unspecified atom stereocenters. The number of hydrogen-bond acceptors (Lipinski definition) is 6. The van der Waals surface area contributed by atoms with Crippen molar-refractivity contribution in [1.29, 1.82) is 0 Å². The van der Waals surface area contributed by atoms with Gasteiger partial charge in [0.2, 0.25) is 0 Å². The molecule has 0 aliphatic rings. The largest absolute Gasteiger partial charge is 0.462 e. The van der Waals surface area contributed by atoms with Crippen LogP contribution >= 0.6 is 0 Å². The predicted octanol–water partition coefficient (Wildman–Crippen LogP) is 22.6. The molecule has 0 aromatic heterocycles. The summed E-state index contributed by atoms with van der Waals surface area (Å²) in [6.07, 6.45) is 76.4. The molecule has 6 heteroatoms. The van der Waals surface area contributed by atoms with Gasteiger partial charge in [0.05, 0.1) is 0 Å². The molecular weight excluding hydrogens is 913 g/mol. The number of allylic oxidation sites excluding steroid dienone is 4. The summed E-state index contributed by atoms with van der Waals surface area (Å²) < 4.78 is 16.9. The van der Waals surface area contributed by atoms with E-state index in [4.69, 9.17) is 14.2 Å². The fourth-order valence-corrected chi connectivity index (χ4v) is 10.2. The zero-order valence-electron chi connectivity index (χ0n) is 50.1. The van der Waals surface area contributed by atoms with Gasteiger partial charge in [-0.05, 0) is 44.9 Å². The van der Waals surface area contributed by atoms with Crippen LogP contribution in [0.2, 0.25) is 0 Å². The number of carbonyl (C=O) groups is 3. The van der Waals surface area contributed by atoms with Gasteiger partial charge in [0.1, 0.15) is 13.2 Å². The van der Waals surface area contributed by atoms with E-state index in [9.17, 15) is 14.4 Å². The Bertz CT molecular complexity index is 1190. The van der Waals surface area contributed by atoms with Gasteiger partial charge in [0.15, 0.2) is 6.10 Å². The Morgan fingerprint density at radius 1 is 0.270 bits per heavy atom. The highest BCUT2D eigenvalue weighted by Gasteiger charge is 2.19. The van der Waals surface area contributed by atoms with Gasteiger partial charge in [-0.3, -0.25) is 14.4 Å². The molecule has 0 bridgehead atoms. The Kier molecular flexibility index (Phi) is 61.6. The van der Waals surface area contributed by atoms with E-state index in [0.29, 0.717) is 19.3 Å². The van der Waals surface area contributed by atoms with Crippen LogP contribution in [-0.2, 0) is 28.6 Å². The maximum atomic E-state index is 12.9. The second-order valence-corrected chi connectivity index (χ2v) is 22.7. The fourth-order valence-electron chi connectivity index (χ4n) is 10.2. The van der Waals surface area contributed by atoms with E-state index >= 15 is 0 Å². The van der Waals surface area contributed by atoms with E-state index in [1.807, 2.05) is 0 Å². The molecule has 0 aromatic rings. The lowest BCUT2D eigenvalue weighted by molar-refractivity contribution is -0.167. The molecular formula is C68H128O6. The first-order chi connectivity index (χ1) is 36.5. The van der Waals surface area contributed by atoms with Crippen molar-refractivity contribution in [1.82, 2.24) is 0 Å². The van der Waals surface area contributed by atoms with E-state index in [2.05, 4.69) is 45.1 Å². The van der Waals surface area contributed by atoms with Crippen molar-refractivity contribution in [3.63, 3.8) is 0 Å². The maximum Gasteiger partial charge on any atom is 0.306 e. The van der Waals surface area contributed by atoms with Gasteiger partial charge in [-0.2, -0.15) is 0 Å². The normalized spacial score (nSPS) is 12.1. The monoisotopic (exact) mass is 1040 g/mol. The van der Waals surface area contributed by atoms with Crippen LogP contribution in [0.4, 0.5) is 0 Å². The Morgan fingerprint density at radius 3 is 0.784 bits per heavy atom. The molecule has 436 valence electrons. The van der Waals surface area contributed by atoms with Crippen LogP contribution in [0.3, 0.4) is 0 Å². The lowest BCUT2D eigenvalue weighted by Crippen LogP contribution is -2.30. The number of carbonyl (C=O) groups excluding carboxylic acids is 3. The molecule has 0 saturated heterocycles. The van der Waals surface area contributed by atoms with Crippen LogP contribution in [0.5, 0.6) is 0 Å². The number of unbranched alkanes of at least 4 members (excludes halogenated alkanes) is 47. The minimum atomic E-state index is -0.774. The van der Waals surface area contributed by atoms with Crippen LogP contribution in [0, 0.1) is 0 Å². The molecule has 6 nitrogen and oxygen atoms in total. The fraction of sp³-hybridized carbons (Fsp3) is 0.897. The molecule has 0 aliphatic heterocycles. The summed E-state index contributed by atoms with van der Waals surface area (Å²) in [5.41, 5.74) is 0. The second-order valence-electron chi connectivity index (χ2n) is 22.7. The predicted molar refractivity (Wildman–Crippen MR) is 321 cm³/mol. The van der Waals surface area contributed by atoms with E-state index in [1.54, 1.807) is 0 Å². The number of esters is 3. The molecule has 0 spiro atoms. The van der Waals surface area contributed by atoms with Gasteiger partial charge in [-0.25, -0.2) is 0 Å². The summed E-state index contributed by atoms with van der Waals surface area (Å²) in [6, 6.07) is 0. The smallest absolute Gasteiger partial charge is 0.306 e. The van der Waals surface area contributed by atoms with Gasteiger partial charge < -0.3 is 14.2 Å². The standard InChI is InChI=1S/C68H128O6/c1-4-7-10-13-16-19-22-25-27-28-29-30-31-32-33-34-35-36-37-38-39-40-41-44-46-49-52-55-58-61-67(70)73-64-65(63-72-66(69)60-57-54-51-48-45-42-24-21-18-15-12-9-6-3)74-68(71)62-59-56-53-50-47-43-26-23-20-17-14-11-8-5-2/h14,17,23,26,65H,4-13,15-16,18-22,24-25,27-64H2,1-3H3/b17-14-,26-23-. The third-order valence-electron chi connectivity index (χ3n) is 15.2. The minimum Gasteiger partial charge on any atom is -0.462 e. The first-order valence-corrected chi connectivity index (χ1v) is 33.3. The quantitative estimate of drug-likeness (QED) is 0.0261. The van der Waals surface area contributed by atoms with E-state index < -0.39 is 6.10 Å². The molecule has 0 N–H and O–H groups in total.